The summed E-state index contributed by atoms with van der Waals surface area (Å²) in [5, 5.41) is 9.78. The monoisotopic (exact) mass is 237 g/mol. The molecule has 0 aromatic carbocycles. The van der Waals surface area contributed by atoms with E-state index >= 15 is 0 Å². The van der Waals surface area contributed by atoms with Crippen LogP contribution in [0.25, 0.3) is 4.91 Å². The number of hydrogen-bond donors (Lipinski definition) is 2. The molecule has 0 radical (unpaired) electrons. The Balaban J connectivity index is 1.78. The molecular formula is C8H7N5S2. The molecule has 0 bridgehead atoms. The normalized spacial score (nSPS) is 15.2. The molecule has 3 rings (SSSR count). The second-order valence-corrected chi connectivity index (χ2v) is 4.68. The number of aromatic nitrogens is 3. The summed E-state index contributed by atoms with van der Waals surface area (Å²) in [5.74, 6) is 0.919. The van der Waals surface area contributed by atoms with Gasteiger partial charge in [-0.2, -0.15) is 5.10 Å². The predicted octanol–water partition coefficient (Wildman–Crippen LogP) is 1.84. The van der Waals surface area contributed by atoms with Crippen LogP contribution in [-0.4, -0.2) is 15.2 Å². The number of aromatic amines is 1. The molecule has 0 saturated heterocycles. The Morgan fingerprint density at radius 1 is 1.33 bits per heavy atom. The lowest BCUT2D eigenvalue weighted by molar-refractivity contribution is 0.939. The lowest BCUT2D eigenvalue weighted by Gasteiger charge is -2.13. The largest absolute Gasteiger partial charge is 0.293 e. The summed E-state index contributed by atoms with van der Waals surface area (Å²) in [7, 11) is 0. The third kappa shape index (κ3) is 1.59. The van der Waals surface area contributed by atoms with Crippen molar-refractivity contribution in [1.82, 2.24) is 20.6 Å². The van der Waals surface area contributed by atoms with E-state index < -0.39 is 0 Å². The number of anilines is 1. The topological polar surface area (TPSA) is 56.8 Å². The molecule has 0 atom stereocenters. The van der Waals surface area contributed by atoms with Gasteiger partial charge in [-0.3, -0.25) is 10.5 Å². The first-order valence-electron chi connectivity index (χ1n) is 4.27. The van der Waals surface area contributed by atoms with E-state index in [2.05, 4.69) is 20.6 Å². The molecule has 0 aliphatic carbocycles. The molecular weight excluding hydrogens is 230 g/mol. The first-order chi connectivity index (χ1) is 7.43. The van der Waals surface area contributed by atoms with Crippen LogP contribution in [0.4, 0.5) is 5.82 Å². The SMILES string of the molecule is C1=C(c2nccs2)SN(c2ccn[nH]2)N1. The molecule has 7 heteroatoms. The van der Waals surface area contributed by atoms with Crippen molar-refractivity contribution in [2.75, 3.05) is 4.41 Å². The van der Waals surface area contributed by atoms with Crippen LogP contribution in [0.3, 0.4) is 0 Å². The van der Waals surface area contributed by atoms with Gasteiger partial charge < -0.3 is 0 Å². The maximum Gasteiger partial charge on any atom is 0.154 e. The summed E-state index contributed by atoms with van der Waals surface area (Å²) in [5.41, 5.74) is 3.13. The van der Waals surface area contributed by atoms with E-state index in [0.717, 1.165) is 15.7 Å². The lowest BCUT2D eigenvalue weighted by atomic mass is 10.6. The van der Waals surface area contributed by atoms with Gasteiger partial charge in [0, 0.05) is 35.8 Å². The molecule has 2 aromatic rings. The van der Waals surface area contributed by atoms with Crippen LogP contribution < -0.4 is 9.84 Å². The number of nitrogens with zero attached hydrogens (tertiary/aromatic N) is 3. The molecule has 0 saturated carbocycles. The number of hydrazine groups is 1. The molecule has 2 aromatic heterocycles. The fourth-order valence-corrected chi connectivity index (χ4v) is 2.74. The fourth-order valence-electron chi connectivity index (χ4n) is 1.19. The summed E-state index contributed by atoms with van der Waals surface area (Å²) in [6.07, 6.45) is 5.46. The van der Waals surface area contributed by atoms with Gasteiger partial charge in [0.15, 0.2) is 5.82 Å². The van der Waals surface area contributed by atoms with Crippen molar-refractivity contribution in [3.05, 3.63) is 35.0 Å². The molecule has 1 aliphatic heterocycles. The standard InChI is InChI=1S/C8H7N5S2/c1-2-10-12-7(1)13-11-5-6(15-13)8-9-3-4-14-8/h1-5,11H,(H,10,12). The first kappa shape index (κ1) is 8.81. The third-order valence-electron chi connectivity index (χ3n) is 1.85. The lowest BCUT2D eigenvalue weighted by Crippen LogP contribution is -2.22. The number of nitrogens with one attached hydrogen (secondary N) is 2. The Morgan fingerprint density at radius 3 is 3.07 bits per heavy atom. The van der Waals surface area contributed by atoms with Gasteiger partial charge >= 0.3 is 0 Å². The Kier molecular flexibility index (Phi) is 2.11. The zero-order chi connectivity index (χ0) is 10.1. The van der Waals surface area contributed by atoms with Crippen LogP contribution in [-0.2, 0) is 0 Å². The van der Waals surface area contributed by atoms with Crippen molar-refractivity contribution in [2.45, 2.75) is 0 Å². The van der Waals surface area contributed by atoms with E-state index in [9.17, 15) is 0 Å². The third-order valence-corrected chi connectivity index (χ3v) is 3.78. The van der Waals surface area contributed by atoms with Gasteiger partial charge in [0.25, 0.3) is 0 Å². The minimum Gasteiger partial charge on any atom is -0.293 e. The van der Waals surface area contributed by atoms with Gasteiger partial charge in [0.05, 0.1) is 11.1 Å². The van der Waals surface area contributed by atoms with E-state index in [0.29, 0.717) is 0 Å². The molecule has 0 unspecified atom stereocenters. The van der Waals surface area contributed by atoms with Crippen molar-refractivity contribution >= 4 is 34.0 Å². The van der Waals surface area contributed by atoms with Gasteiger partial charge in [0.2, 0.25) is 0 Å². The van der Waals surface area contributed by atoms with Crippen LogP contribution in [0.2, 0.25) is 0 Å². The smallest absolute Gasteiger partial charge is 0.154 e. The number of rotatable bonds is 2. The summed E-state index contributed by atoms with van der Waals surface area (Å²) in [6, 6.07) is 1.90. The molecule has 5 nitrogen and oxygen atoms in total. The molecule has 2 N–H and O–H groups in total. The summed E-state index contributed by atoms with van der Waals surface area (Å²) >= 11 is 3.21. The van der Waals surface area contributed by atoms with Crippen LogP contribution in [0.1, 0.15) is 5.01 Å². The zero-order valence-electron chi connectivity index (χ0n) is 7.54. The summed E-state index contributed by atoms with van der Waals surface area (Å²) in [4.78, 5) is 5.36. The van der Waals surface area contributed by atoms with Crippen LogP contribution >= 0.6 is 23.3 Å². The van der Waals surface area contributed by atoms with Gasteiger partial charge in [0.1, 0.15) is 5.01 Å². The van der Waals surface area contributed by atoms with Crippen molar-refractivity contribution < 1.29 is 0 Å². The Morgan fingerprint density at radius 2 is 2.33 bits per heavy atom. The number of H-pyrrole nitrogens is 1. The number of hydrogen-bond acceptors (Lipinski definition) is 6. The highest BCUT2D eigenvalue weighted by Gasteiger charge is 2.19. The second kappa shape index (κ2) is 3.59. The average molecular weight is 237 g/mol. The zero-order valence-corrected chi connectivity index (χ0v) is 9.18. The molecule has 15 heavy (non-hydrogen) atoms. The van der Waals surface area contributed by atoms with Crippen molar-refractivity contribution in [1.29, 1.82) is 0 Å². The maximum absolute atomic E-state index is 4.25. The van der Waals surface area contributed by atoms with Crippen molar-refractivity contribution in [3.63, 3.8) is 0 Å². The fraction of sp³-hybridized carbons (Fsp3) is 0. The van der Waals surface area contributed by atoms with Gasteiger partial charge in [-0.15, -0.1) is 11.3 Å². The van der Waals surface area contributed by atoms with Gasteiger partial charge in [-0.05, 0) is 0 Å². The Hall–Kier alpha value is -1.47. The van der Waals surface area contributed by atoms with E-state index in [1.165, 1.54) is 0 Å². The first-order valence-corrected chi connectivity index (χ1v) is 5.92. The molecule has 76 valence electrons. The molecule has 1 aliphatic rings. The highest BCUT2D eigenvalue weighted by Crippen LogP contribution is 2.36. The molecule has 0 spiro atoms. The highest BCUT2D eigenvalue weighted by atomic mass is 32.2. The summed E-state index contributed by atoms with van der Waals surface area (Å²) in [6.45, 7) is 0. The van der Waals surface area contributed by atoms with Crippen molar-refractivity contribution in [3.8, 4) is 0 Å². The van der Waals surface area contributed by atoms with Crippen molar-refractivity contribution in [2.24, 2.45) is 0 Å². The van der Waals surface area contributed by atoms with Gasteiger partial charge in [-0.1, -0.05) is 0 Å². The maximum atomic E-state index is 4.25. The van der Waals surface area contributed by atoms with E-state index in [-0.39, 0.29) is 0 Å². The van der Waals surface area contributed by atoms with Crippen LogP contribution in [0.15, 0.2) is 30.0 Å². The molecule has 0 amide bonds. The second-order valence-electron chi connectivity index (χ2n) is 2.80. The Bertz CT molecular complexity index is 461. The van der Waals surface area contributed by atoms with Gasteiger partial charge in [-0.25, -0.2) is 9.40 Å². The van der Waals surface area contributed by atoms with E-state index in [1.807, 2.05) is 22.1 Å². The summed E-state index contributed by atoms with van der Waals surface area (Å²) < 4.78 is 1.91. The quantitative estimate of drug-likeness (QED) is 0.780. The number of thiazole rings is 1. The molecule has 3 heterocycles. The molecule has 0 fully saturated rings. The van der Waals surface area contributed by atoms with Crippen LogP contribution in [0, 0.1) is 0 Å². The predicted molar refractivity (Wildman–Crippen MR) is 61.9 cm³/mol. The highest BCUT2D eigenvalue weighted by molar-refractivity contribution is 8.09. The average Bonchev–Trinajstić information content (AvgIpc) is 3.02. The minimum absolute atomic E-state index is 0.919. The van der Waals surface area contributed by atoms with E-state index in [4.69, 9.17) is 0 Å². The Labute approximate surface area is 94.3 Å². The van der Waals surface area contributed by atoms with E-state index in [1.54, 1.807) is 35.7 Å². The minimum atomic E-state index is 0.919. The van der Waals surface area contributed by atoms with Crippen LogP contribution in [0.5, 0.6) is 0 Å².